The van der Waals surface area contributed by atoms with Gasteiger partial charge in [-0.25, -0.2) is 13.8 Å². The number of hydrogen-bond acceptors (Lipinski definition) is 3. The molecule has 0 radical (unpaired) electrons. The lowest BCUT2D eigenvalue weighted by Gasteiger charge is -2.10. The van der Waals surface area contributed by atoms with E-state index in [0.29, 0.717) is 0 Å². The molecule has 0 spiro atoms. The zero-order chi connectivity index (χ0) is 11.6. The van der Waals surface area contributed by atoms with Gasteiger partial charge in [-0.15, -0.1) is 0 Å². The number of carbonyl (C=O) groups excluding carboxylic acids is 1. The van der Waals surface area contributed by atoms with E-state index in [-0.39, 0.29) is 20.7 Å². The summed E-state index contributed by atoms with van der Waals surface area (Å²) in [5.74, 6) is -0.870. The van der Waals surface area contributed by atoms with Crippen LogP contribution in [0.2, 0.25) is 0 Å². The van der Waals surface area contributed by atoms with Gasteiger partial charge in [0.05, 0.1) is 12.7 Å². The fourth-order valence-corrected chi connectivity index (χ4v) is 1.76. The van der Waals surface area contributed by atoms with Crippen molar-refractivity contribution in [3.63, 3.8) is 0 Å². The van der Waals surface area contributed by atoms with E-state index < -0.39 is 12.3 Å². The second-order valence-electron chi connectivity index (χ2n) is 2.58. The van der Waals surface area contributed by atoms with Crippen LogP contribution in [0.25, 0.3) is 0 Å². The van der Waals surface area contributed by atoms with E-state index >= 15 is 0 Å². The lowest BCUT2D eigenvalue weighted by molar-refractivity contribution is 0.0993. The fraction of sp³-hybridized carbons (Fsp3) is 0.250. The van der Waals surface area contributed by atoms with Crippen molar-refractivity contribution in [3.05, 3.63) is 21.0 Å². The van der Waals surface area contributed by atoms with Crippen LogP contribution < -0.4 is 10.5 Å². The SMILES string of the molecule is COc1cc(C(N)=O)nc(I)c1C(F)F. The lowest BCUT2D eigenvalue weighted by Crippen LogP contribution is -2.15. The molecule has 4 nitrogen and oxygen atoms in total. The topological polar surface area (TPSA) is 65.2 Å². The number of halogens is 3. The molecule has 1 aromatic heterocycles. The average Bonchev–Trinajstić information content (AvgIpc) is 2.15. The Morgan fingerprint density at radius 3 is 2.67 bits per heavy atom. The van der Waals surface area contributed by atoms with Crippen molar-refractivity contribution in [2.75, 3.05) is 7.11 Å². The highest BCUT2D eigenvalue weighted by atomic mass is 127. The Labute approximate surface area is 98.0 Å². The molecule has 1 heterocycles. The minimum atomic E-state index is -2.71. The maximum absolute atomic E-state index is 12.6. The zero-order valence-electron chi connectivity index (χ0n) is 7.63. The largest absolute Gasteiger partial charge is 0.496 e. The molecule has 0 unspecified atom stereocenters. The third kappa shape index (κ3) is 2.52. The second kappa shape index (κ2) is 4.69. The molecule has 0 saturated carbocycles. The highest BCUT2D eigenvalue weighted by Gasteiger charge is 2.21. The summed E-state index contributed by atoms with van der Waals surface area (Å²) in [7, 11) is 1.24. The van der Waals surface area contributed by atoms with E-state index in [0.717, 1.165) is 6.07 Å². The Balaban J connectivity index is 3.37. The third-order valence-electron chi connectivity index (χ3n) is 1.66. The normalized spacial score (nSPS) is 10.5. The van der Waals surface area contributed by atoms with E-state index in [9.17, 15) is 13.6 Å². The van der Waals surface area contributed by atoms with Crippen molar-refractivity contribution >= 4 is 28.5 Å². The van der Waals surface area contributed by atoms with Crippen LogP contribution in [-0.4, -0.2) is 18.0 Å². The molecule has 0 bridgehead atoms. The molecular formula is C8H7F2IN2O2. The summed E-state index contributed by atoms with van der Waals surface area (Å²) in [5, 5.41) is 0. The molecule has 0 aliphatic heterocycles. The van der Waals surface area contributed by atoms with Gasteiger partial charge in [0.15, 0.2) is 0 Å². The predicted octanol–water partition coefficient (Wildman–Crippen LogP) is 1.73. The number of nitrogens with zero attached hydrogens (tertiary/aromatic N) is 1. The molecule has 7 heteroatoms. The van der Waals surface area contributed by atoms with Crippen LogP contribution in [0.4, 0.5) is 8.78 Å². The standard InChI is InChI=1S/C8H7F2IN2O2/c1-15-4-2-3(8(12)14)13-7(11)5(4)6(9)10/h2,6H,1H3,(H2,12,14). The van der Waals surface area contributed by atoms with Crippen LogP contribution in [0.5, 0.6) is 5.75 Å². The second-order valence-corrected chi connectivity index (χ2v) is 3.60. The first kappa shape index (κ1) is 12.1. The summed E-state index contributed by atoms with van der Waals surface area (Å²) < 4.78 is 29.9. The maximum Gasteiger partial charge on any atom is 0.269 e. The van der Waals surface area contributed by atoms with Gasteiger partial charge in [-0.2, -0.15) is 0 Å². The Morgan fingerprint density at radius 1 is 1.67 bits per heavy atom. The van der Waals surface area contributed by atoms with Gasteiger partial charge in [-0.05, 0) is 22.6 Å². The summed E-state index contributed by atoms with van der Waals surface area (Å²) in [6, 6.07) is 1.10. The van der Waals surface area contributed by atoms with Crippen molar-refractivity contribution in [1.82, 2.24) is 4.98 Å². The van der Waals surface area contributed by atoms with Gasteiger partial charge in [0.2, 0.25) is 0 Å². The number of methoxy groups -OCH3 is 1. The zero-order valence-corrected chi connectivity index (χ0v) is 9.79. The summed E-state index contributed by atoms with van der Waals surface area (Å²) >= 11 is 1.60. The molecule has 0 aromatic carbocycles. The third-order valence-corrected chi connectivity index (χ3v) is 2.49. The first-order valence-corrected chi connectivity index (χ1v) is 4.87. The van der Waals surface area contributed by atoms with E-state index in [1.54, 1.807) is 22.6 Å². The molecule has 0 aliphatic carbocycles. The molecule has 1 rings (SSSR count). The molecule has 1 aromatic rings. The van der Waals surface area contributed by atoms with Crippen molar-refractivity contribution in [2.24, 2.45) is 5.73 Å². The minimum absolute atomic E-state index is 0.00995. The minimum Gasteiger partial charge on any atom is -0.496 e. The Hall–Kier alpha value is -0.990. The Kier molecular flexibility index (Phi) is 3.77. The smallest absolute Gasteiger partial charge is 0.269 e. The van der Waals surface area contributed by atoms with Gasteiger partial charge >= 0.3 is 0 Å². The van der Waals surface area contributed by atoms with Crippen molar-refractivity contribution in [2.45, 2.75) is 6.43 Å². The van der Waals surface area contributed by atoms with Crippen molar-refractivity contribution in [3.8, 4) is 5.75 Å². The van der Waals surface area contributed by atoms with Gasteiger partial charge in [0.1, 0.15) is 15.1 Å². The number of pyridine rings is 1. The van der Waals surface area contributed by atoms with Crippen molar-refractivity contribution in [1.29, 1.82) is 0 Å². The van der Waals surface area contributed by atoms with Gasteiger partial charge < -0.3 is 10.5 Å². The number of alkyl halides is 2. The summed E-state index contributed by atoms with van der Waals surface area (Å²) in [6.07, 6.45) is -2.71. The molecule has 15 heavy (non-hydrogen) atoms. The predicted molar refractivity (Wildman–Crippen MR) is 57.0 cm³/mol. The fourth-order valence-electron chi connectivity index (χ4n) is 0.995. The number of primary amides is 1. The molecule has 0 fully saturated rings. The lowest BCUT2D eigenvalue weighted by atomic mass is 10.2. The Bertz CT molecular complexity index is 398. The molecule has 0 saturated heterocycles. The number of aromatic nitrogens is 1. The number of carbonyl (C=O) groups is 1. The number of ether oxygens (including phenoxy) is 1. The van der Waals surface area contributed by atoms with E-state index in [2.05, 4.69) is 4.98 Å². The molecule has 82 valence electrons. The number of rotatable bonds is 3. The van der Waals surface area contributed by atoms with Gasteiger partial charge in [0, 0.05) is 6.07 Å². The van der Waals surface area contributed by atoms with Crippen LogP contribution in [-0.2, 0) is 0 Å². The first-order chi connectivity index (χ1) is 6.97. The summed E-state index contributed by atoms with van der Waals surface area (Å²) in [5.41, 5.74) is 4.56. The van der Waals surface area contributed by atoms with Crippen LogP contribution in [0, 0.1) is 3.70 Å². The van der Waals surface area contributed by atoms with Crippen LogP contribution in [0.3, 0.4) is 0 Å². The summed E-state index contributed by atoms with van der Waals surface area (Å²) in [6.45, 7) is 0. The number of nitrogens with two attached hydrogens (primary N) is 1. The van der Waals surface area contributed by atoms with E-state index in [4.69, 9.17) is 10.5 Å². The maximum atomic E-state index is 12.6. The van der Waals surface area contributed by atoms with Crippen LogP contribution >= 0.6 is 22.6 Å². The molecule has 1 amide bonds. The van der Waals surface area contributed by atoms with Crippen LogP contribution in [0.15, 0.2) is 6.07 Å². The molecule has 0 aliphatic rings. The highest BCUT2D eigenvalue weighted by Crippen LogP contribution is 2.32. The quantitative estimate of drug-likeness (QED) is 0.679. The molecular weight excluding hydrogens is 321 g/mol. The van der Waals surface area contributed by atoms with Crippen molar-refractivity contribution < 1.29 is 18.3 Å². The van der Waals surface area contributed by atoms with E-state index in [1.807, 2.05) is 0 Å². The highest BCUT2D eigenvalue weighted by molar-refractivity contribution is 14.1. The average molecular weight is 328 g/mol. The number of hydrogen-bond donors (Lipinski definition) is 1. The van der Waals surface area contributed by atoms with Gasteiger partial charge in [0.25, 0.3) is 12.3 Å². The molecule has 2 N–H and O–H groups in total. The first-order valence-electron chi connectivity index (χ1n) is 3.79. The van der Waals surface area contributed by atoms with Crippen LogP contribution in [0.1, 0.15) is 22.5 Å². The Morgan fingerprint density at radius 2 is 2.27 bits per heavy atom. The number of amides is 1. The monoisotopic (exact) mass is 328 g/mol. The summed E-state index contributed by atoms with van der Waals surface area (Å²) in [4.78, 5) is 14.5. The van der Waals surface area contributed by atoms with Gasteiger partial charge in [-0.3, -0.25) is 4.79 Å². The van der Waals surface area contributed by atoms with E-state index in [1.165, 1.54) is 7.11 Å². The molecule has 0 atom stereocenters. The van der Waals surface area contributed by atoms with Gasteiger partial charge in [-0.1, -0.05) is 0 Å².